The third-order valence-corrected chi connectivity index (χ3v) is 6.35. The molecule has 2 aromatic rings. The number of likely N-dealkylation sites (tertiary alicyclic amines) is 2. The van der Waals surface area contributed by atoms with Crippen LogP contribution in [0.5, 0.6) is 0 Å². The first-order valence-electron chi connectivity index (χ1n) is 12.0. The average Bonchev–Trinajstić information content (AvgIpc) is 3.30. The standard InChI is InChI=1S/C20H27N5O2.2C2HF3O2/c1-23-10-18(22-15-23)19(26)25-13-20(14-25)9-16(6-8-24(20)2)11-27-12-17-5-3-4-7-21-17;2*3-2(4,5)1(6)7/h3-5,7,10,15-16H,6,8-9,11-14H2,1-2H3;2*(H,6,7). The smallest absolute Gasteiger partial charge is 0.475 e. The number of rotatable bonds is 5. The van der Waals surface area contributed by atoms with Crippen molar-refractivity contribution in [2.24, 2.45) is 13.0 Å². The molecule has 228 valence electrons. The number of hydrogen-bond acceptors (Lipinski definition) is 7. The van der Waals surface area contributed by atoms with Gasteiger partial charge in [0.25, 0.3) is 5.91 Å². The number of aliphatic carboxylic acids is 2. The van der Waals surface area contributed by atoms with Crippen molar-refractivity contribution in [3.05, 3.63) is 48.3 Å². The van der Waals surface area contributed by atoms with Gasteiger partial charge in [0.05, 0.1) is 30.8 Å². The lowest BCUT2D eigenvalue weighted by Crippen LogP contribution is -2.72. The maximum atomic E-state index is 12.6. The van der Waals surface area contributed by atoms with Crippen molar-refractivity contribution in [3.63, 3.8) is 0 Å². The molecular formula is C24H29F6N5O6. The molecule has 41 heavy (non-hydrogen) atoms. The first-order valence-corrected chi connectivity index (χ1v) is 12.0. The lowest BCUT2D eigenvalue weighted by molar-refractivity contribution is -0.193. The molecule has 4 rings (SSSR count). The summed E-state index contributed by atoms with van der Waals surface area (Å²) in [7, 11) is 4.05. The minimum Gasteiger partial charge on any atom is -0.475 e. The Labute approximate surface area is 230 Å². The van der Waals surface area contributed by atoms with Crippen molar-refractivity contribution in [3.8, 4) is 0 Å². The summed E-state index contributed by atoms with van der Waals surface area (Å²) < 4.78 is 71.2. The third-order valence-electron chi connectivity index (χ3n) is 6.35. The average molecular weight is 598 g/mol. The molecule has 0 saturated carbocycles. The Hall–Kier alpha value is -3.73. The van der Waals surface area contributed by atoms with Gasteiger partial charge >= 0.3 is 24.3 Å². The summed E-state index contributed by atoms with van der Waals surface area (Å²) in [4.78, 5) is 43.2. The third kappa shape index (κ3) is 10.00. The zero-order chi connectivity index (χ0) is 31.0. The van der Waals surface area contributed by atoms with Crippen LogP contribution in [-0.4, -0.2) is 104 Å². The molecule has 1 spiro atoms. The minimum atomic E-state index is -5.08. The fourth-order valence-electron chi connectivity index (χ4n) is 4.23. The summed E-state index contributed by atoms with van der Waals surface area (Å²) in [6, 6.07) is 5.89. The number of carboxylic acid groups (broad SMARTS) is 2. The topological polar surface area (TPSA) is 138 Å². The van der Waals surface area contributed by atoms with Crippen molar-refractivity contribution >= 4 is 17.8 Å². The number of alkyl halides is 6. The minimum absolute atomic E-state index is 0.0307. The number of aromatic nitrogens is 3. The predicted molar refractivity (Wildman–Crippen MR) is 128 cm³/mol. The van der Waals surface area contributed by atoms with E-state index < -0.39 is 24.3 Å². The number of nitrogens with zero attached hydrogens (tertiary/aromatic N) is 5. The number of aryl methyl sites for hydroxylation is 1. The molecule has 0 aliphatic carbocycles. The first-order chi connectivity index (χ1) is 18.9. The first kappa shape index (κ1) is 33.5. The number of piperidine rings is 1. The van der Waals surface area contributed by atoms with Gasteiger partial charge in [0.1, 0.15) is 5.69 Å². The van der Waals surface area contributed by atoms with Gasteiger partial charge in [-0.1, -0.05) is 6.07 Å². The van der Waals surface area contributed by atoms with Gasteiger partial charge in [-0.3, -0.25) is 14.7 Å². The fraction of sp³-hybridized carbons (Fsp3) is 0.542. The quantitative estimate of drug-likeness (QED) is 0.499. The summed E-state index contributed by atoms with van der Waals surface area (Å²) in [6.45, 7) is 3.90. The van der Waals surface area contributed by atoms with Gasteiger partial charge in [-0.05, 0) is 44.5 Å². The van der Waals surface area contributed by atoms with Gasteiger partial charge in [-0.25, -0.2) is 14.6 Å². The van der Waals surface area contributed by atoms with Crippen LogP contribution >= 0.6 is 0 Å². The molecule has 1 amide bonds. The van der Waals surface area contributed by atoms with Crippen molar-refractivity contribution in [1.82, 2.24) is 24.3 Å². The van der Waals surface area contributed by atoms with Crippen LogP contribution < -0.4 is 0 Å². The Kier molecular flexibility index (Phi) is 11.2. The van der Waals surface area contributed by atoms with Crippen LogP contribution in [0.15, 0.2) is 36.9 Å². The molecule has 0 radical (unpaired) electrons. The maximum absolute atomic E-state index is 12.6. The Balaban J connectivity index is 0.000000349. The van der Waals surface area contributed by atoms with Crippen LogP contribution in [-0.2, 0) is 28.0 Å². The summed E-state index contributed by atoms with van der Waals surface area (Å²) in [5.41, 5.74) is 1.58. The van der Waals surface area contributed by atoms with Crippen molar-refractivity contribution < 1.29 is 55.7 Å². The van der Waals surface area contributed by atoms with Gasteiger partial charge in [0.2, 0.25) is 0 Å². The molecule has 2 aliphatic heterocycles. The molecule has 11 nitrogen and oxygen atoms in total. The molecule has 2 aromatic heterocycles. The van der Waals surface area contributed by atoms with E-state index in [9.17, 15) is 31.1 Å². The van der Waals surface area contributed by atoms with E-state index in [1.165, 1.54) is 0 Å². The molecule has 1 atom stereocenters. The Bertz CT molecular complexity index is 1140. The summed E-state index contributed by atoms with van der Waals surface area (Å²) in [5, 5.41) is 14.2. The fourth-order valence-corrected chi connectivity index (χ4v) is 4.23. The van der Waals surface area contributed by atoms with E-state index in [2.05, 4.69) is 21.9 Å². The number of imidazole rings is 1. The Morgan fingerprint density at radius 3 is 2.07 bits per heavy atom. The van der Waals surface area contributed by atoms with Gasteiger partial charge < -0.3 is 24.4 Å². The molecule has 17 heteroatoms. The van der Waals surface area contributed by atoms with Crippen LogP contribution in [0, 0.1) is 5.92 Å². The van der Waals surface area contributed by atoms with Gasteiger partial charge in [0.15, 0.2) is 0 Å². The monoisotopic (exact) mass is 597 g/mol. The number of halogens is 6. The van der Waals surface area contributed by atoms with Crippen LogP contribution in [0.3, 0.4) is 0 Å². The number of pyridine rings is 1. The van der Waals surface area contributed by atoms with E-state index in [1.54, 1.807) is 18.7 Å². The number of carboxylic acids is 2. The van der Waals surface area contributed by atoms with E-state index in [4.69, 9.17) is 24.5 Å². The summed E-state index contributed by atoms with van der Waals surface area (Å²) >= 11 is 0. The van der Waals surface area contributed by atoms with Crippen molar-refractivity contribution in [1.29, 1.82) is 0 Å². The zero-order valence-corrected chi connectivity index (χ0v) is 22.0. The van der Waals surface area contributed by atoms with Crippen molar-refractivity contribution in [2.45, 2.75) is 37.3 Å². The maximum Gasteiger partial charge on any atom is 0.490 e. The molecule has 2 fully saturated rings. The molecule has 1 unspecified atom stereocenters. The second-order valence-electron chi connectivity index (χ2n) is 9.53. The molecule has 4 heterocycles. The SMILES string of the molecule is CN1CCC(COCc2ccccn2)CC12CN(C(=O)c1cn(C)cn1)C2.O=C(O)C(F)(F)F.O=C(O)C(F)(F)F. The van der Waals surface area contributed by atoms with Crippen LogP contribution in [0.4, 0.5) is 26.3 Å². The van der Waals surface area contributed by atoms with Crippen molar-refractivity contribution in [2.75, 3.05) is 33.3 Å². The number of likely N-dealkylation sites (N-methyl/N-ethyl adjacent to an activating group) is 1. The number of carbonyl (C=O) groups is 3. The van der Waals surface area contributed by atoms with E-state index in [1.807, 2.05) is 34.7 Å². The number of ether oxygens (including phenoxy) is 1. The Morgan fingerprint density at radius 2 is 1.61 bits per heavy atom. The zero-order valence-electron chi connectivity index (χ0n) is 22.0. The van der Waals surface area contributed by atoms with E-state index in [-0.39, 0.29) is 11.4 Å². The van der Waals surface area contributed by atoms with E-state index in [0.29, 0.717) is 18.2 Å². The predicted octanol–water partition coefficient (Wildman–Crippen LogP) is 2.83. The highest BCUT2D eigenvalue weighted by Crippen LogP contribution is 2.38. The normalized spacial score (nSPS) is 18.3. The molecule has 0 aromatic carbocycles. The highest BCUT2D eigenvalue weighted by atomic mass is 19.4. The van der Waals surface area contributed by atoms with Gasteiger partial charge in [-0.15, -0.1) is 0 Å². The van der Waals surface area contributed by atoms with E-state index >= 15 is 0 Å². The lowest BCUT2D eigenvalue weighted by atomic mass is 9.75. The van der Waals surface area contributed by atoms with Crippen LogP contribution in [0.1, 0.15) is 29.0 Å². The van der Waals surface area contributed by atoms with Gasteiger partial charge in [0, 0.05) is 32.5 Å². The number of hydrogen-bond donors (Lipinski definition) is 2. The van der Waals surface area contributed by atoms with E-state index in [0.717, 1.165) is 44.8 Å². The Morgan fingerprint density at radius 1 is 1.02 bits per heavy atom. The summed E-state index contributed by atoms with van der Waals surface area (Å²) in [6.07, 6.45) is -2.71. The molecule has 0 bridgehead atoms. The molecule has 2 N–H and O–H groups in total. The second-order valence-corrected chi connectivity index (χ2v) is 9.53. The molecular weight excluding hydrogens is 568 g/mol. The highest BCUT2D eigenvalue weighted by Gasteiger charge is 2.51. The summed E-state index contributed by atoms with van der Waals surface area (Å²) in [5.74, 6) is -4.96. The lowest BCUT2D eigenvalue weighted by Gasteiger charge is -2.58. The van der Waals surface area contributed by atoms with Crippen LogP contribution in [0.2, 0.25) is 0 Å². The molecule has 2 aliphatic rings. The van der Waals surface area contributed by atoms with Crippen LogP contribution in [0.25, 0.3) is 0 Å². The molecule has 2 saturated heterocycles. The second kappa shape index (κ2) is 13.8. The highest BCUT2D eigenvalue weighted by molar-refractivity contribution is 5.93. The largest absolute Gasteiger partial charge is 0.490 e. The number of amides is 1. The van der Waals surface area contributed by atoms with Gasteiger partial charge in [-0.2, -0.15) is 26.3 Å². The number of carbonyl (C=O) groups excluding carboxylic acids is 1.